The molecule has 3 rings (SSSR count). The van der Waals surface area contributed by atoms with Crippen LogP contribution in [-0.4, -0.2) is 47.9 Å². The van der Waals surface area contributed by atoms with Crippen molar-refractivity contribution in [2.75, 3.05) is 32.5 Å². The van der Waals surface area contributed by atoms with E-state index < -0.39 is 11.2 Å². The molecule has 2 atom stereocenters. The van der Waals surface area contributed by atoms with Gasteiger partial charge in [-0.25, -0.2) is 0 Å². The van der Waals surface area contributed by atoms with E-state index in [9.17, 15) is 9.35 Å². The van der Waals surface area contributed by atoms with Gasteiger partial charge in [-0.3, -0.25) is 9.69 Å². The average molecular weight is 376 g/mol. The smallest absolute Gasteiger partial charge is 0.311 e. The predicted octanol–water partition coefficient (Wildman–Crippen LogP) is 3.27. The zero-order chi connectivity index (χ0) is 18.7. The summed E-state index contributed by atoms with van der Waals surface area (Å²) in [6.45, 7) is 6.88. The van der Waals surface area contributed by atoms with E-state index in [1.165, 1.54) is 23.8 Å². The van der Waals surface area contributed by atoms with Gasteiger partial charge < -0.3 is 9.29 Å². The van der Waals surface area contributed by atoms with E-state index in [1.807, 2.05) is 6.07 Å². The summed E-state index contributed by atoms with van der Waals surface area (Å²) in [5.74, 6) is 1.16. The van der Waals surface area contributed by atoms with Gasteiger partial charge in [0.05, 0.1) is 13.0 Å². The lowest BCUT2D eigenvalue weighted by molar-refractivity contribution is -0.151. The van der Waals surface area contributed by atoms with E-state index in [4.69, 9.17) is 4.74 Å². The van der Waals surface area contributed by atoms with Gasteiger partial charge in [0, 0.05) is 19.6 Å². The summed E-state index contributed by atoms with van der Waals surface area (Å²) in [4.78, 5) is 14.8. The van der Waals surface area contributed by atoms with E-state index >= 15 is 0 Å². The first-order valence-electron chi connectivity index (χ1n) is 9.53. The van der Waals surface area contributed by atoms with E-state index in [0.717, 1.165) is 49.5 Å². The van der Waals surface area contributed by atoms with Crippen molar-refractivity contribution in [3.8, 4) is 0 Å². The molecule has 4 nitrogen and oxygen atoms in total. The van der Waals surface area contributed by atoms with Crippen LogP contribution in [0.3, 0.4) is 0 Å². The largest absolute Gasteiger partial charge is 0.611 e. The zero-order valence-corrected chi connectivity index (χ0v) is 16.8. The van der Waals surface area contributed by atoms with Crippen molar-refractivity contribution in [1.82, 2.24) is 4.90 Å². The molecule has 1 aliphatic heterocycles. The molecule has 1 fully saturated rings. The summed E-state index contributed by atoms with van der Waals surface area (Å²) in [5, 5.41) is 0. The van der Waals surface area contributed by atoms with Crippen LogP contribution < -0.4 is 0 Å². The van der Waals surface area contributed by atoms with Crippen LogP contribution in [0.4, 0.5) is 0 Å². The third-order valence-corrected chi connectivity index (χ3v) is 6.90. The van der Waals surface area contributed by atoms with Gasteiger partial charge in [-0.1, -0.05) is 31.9 Å². The Morgan fingerprint density at radius 1 is 1.38 bits per heavy atom. The van der Waals surface area contributed by atoms with Gasteiger partial charge in [-0.05, 0) is 59.3 Å². The Kier molecular flexibility index (Phi) is 6.43. The highest BCUT2D eigenvalue weighted by Gasteiger charge is 2.34. The Hall–Kier alpha value is -1.30. The number of carbonyl (C=O) groups is 1. The lowest BCUT2D eigenvalue weighted by atomic mass is 9.83. The Morgan fingerprint density at radius 3 is 2.85 bits per heavy atom. The normalized spacial score (nSPS) is 21.5. The number of likely N-dealkylation sites (tertiary alicyclic amines) is 1. The third-order valence-electron chi connectivity index (χ3n) is 5.46. The fourth-order valence-electron chi connectivity index (χ4n) is 3.71. The van der Waals surface area contributed by atoms with Gasteiger partial charge in [-0.2, -0.15) is 0 Å². The quantitative estimate of drug-likeness (QED) is 0.542. The number of rotatable bonds is 7. The number of ether oxygens (including phenoxy) is 1. The van der Waals surface area contributed by atoms with E-state index in [-0.39, 0.29) is 11.9 Å². The topological polar surface area (TPSA) is 52.6 Å². The van der Waals surface area contributed by atoms with E-state index in [2.05, 4.69) is 37.0 Å². The second kappa shape index (κ2) is 8.59. The number of hydrogen-bond acceptors (Lipinski definition) is 4. The van der Waals surface area contributed by atoms with Crippen molar-refractivity contribution in [3.05, 3.63) is 34.9 Å². The molecule has 0 aromatic heterocycles. The number of benzene rings is 1. The second-order valence-electron chi connectivity index (χ2n) is 7.50. The molecule has 1 heterocycles. The van der Waals surface area contributed by atoms with Gasteiger partial charge in [0.2, 0.25) is 0 Å². The van der Waals surface area contributed by atoms with Crippen LogP contribution in [0.2, 0.25) is 0 Å². The third kappa shape index (κ3) is 4.33. The molecular formula is C21H29NO3S. The Bertz CT molecular complexity index is 682. The van der Waals surface area contributed by atoms with Crippen LogP contribution in [0.5, 0.6) is 0 Å². The van der Waals surface area contributed by atoms with E-state index in [1.54, 1.807) is 0 Å². The number of unbranched alkanes of at least 4 members (excludes halogenated alkanes) is 1. The molecule has 1 unspecified atom stereocenters. The molecule has 26 heavy (non-hydrogen) atoms. The maximum absolute atomic E-state index is 12.4. The van der Waals surface area contributed by atoms with Crippen molar-refractivity contribution in [3.63, 3.8) is 0 Å². The van der Waals surface area contributed by atoms with Crippen LogP contribution >= 0.6 is 0 Å². The first-order valence-corrected chi connectivity index (χ1v) is 10.9. The van der Waals surface area contributed by atoms with Gasteiger partial charge in [0.1, 0.15) is 5.75 Å². The summed E-state index contributed by atoms with van der Waals surface area (Å²) in [5.41, 5.74) is 3.97. The molecule has 1 saturated heterocycles. The minimum Gasteiger partial charge on any atom is -0.611 e. The maximum Gasteiger partial charge on any atom is 0.311 e. The van der Waals surface area contributed by atoms with Crippen molar-refractivity contribution in [2.45, 2.75) is 38.0 Å². The molecule has 0 spiro atoms. The van der Waals surface area contributed by atoms with Crippen LogP contribution in [0.1, 0.15) is 37.8 Å². The fraction of sp³-hybridized carbons (Fsp3) is 0.571. The van der Waals surface area contributed by atoms with Crippen molar-refractivity contribution in [2.24, 2.45) is 11.8 Å². The van der Waals surface area contributed by atoms with Crippen LogP contribution in [0, 0.1) is 11.8 Å². The lowest BCUT2D eigenvalue weighted by Crippen LogP contribution is -2.51. The Morgan fingerprint density at radius 2 is 2.15 bits per heavy atom. The highest BCUT2D eigenvalue weighted by molar-refractivity contribution is 7.91. The minimum absolute atomic E-state index is 0.0347. The van der Waals surface area contributed by atoms with Crippen molar-refractivity contribution >= 4 is 23.2 Å². The number of nitrogens with zero attached hydrogens (tertiary/aromatic N) is 1. The predicted molar refractivity (Wildman–Crippen MR) is 105 cm³/mol. The molecule has 142 valence electrons. The minimum atomic E-state index is -0.885. The first kappa shape index (κ1) is 19.5. The fourth-order valence-corrected chi connectivity index (χ4v) is 4.99. The molecule has 0 saturated carbocycles. The molecule has 0 radical (unpaired) electrons. The molecule has 1 aromatic rings. The van der Waals surface area contributed by atoms with Gasteiger partial charge in [-0.15, -0.1) is 0 Å². The van der Waals surface area contributed by atoms with Crippen LogP contribution in [0.25, 0.3) is 6.08 Å². The summed E-state index contributed by atoms with van der Waals surface area (Å²) in [6.07, 6.45) is 5.36. The monoisotopic (exact) mass is 375 g/mol. The van der Waals surface area contributed by atoms with E-state index in [0.29, 0.717) is 5.92 Å². The SMILES string of the molecule is CCCC[S+]([O-])c1ccc2c(c1)C[C@@H](C)C(CN1CC(C(=O)OC)C1)=C2. The molecule has 2 aliphatic rings. The standard InChI is InChI=1S/C21H29NO3S/c1-4-5-8-26(24)20-7-6-16-10-18(15(2)9-17(16)11-20)12-22-13-19(14-22)21(23)25-3/h6-7,10-11,15,19H,4-5,8-9,12-14H2,1-3H3/t15-,26?/m1/s1. The van der Waals surface area contributed by atoms with Crippen LogP contribution in [0.15, 0.2) is 28.7 Å². The average Bonchev–Trinajstić information content (AvgIpc) is 2.61. The molecule has 0 N–H and O–H groups in total. The number of esters is 1. The van der Waals surface area contributed by atoms with Gasteiger partial charge >= 0.3 is 5.97 Å². The highest BCUT2D eigenvalue weighted by Crippen LogP contribution is 2.32. The summed E-state index contributed by atoms with van der Waals surface area (Å²) >= 11 is -0.885. The van der Waals surface area contributed by atoms with Crippen LogP contribution in [-0.2, 0) is 27.1 Å². The summed E-state index contributed by atoms with van der Waals surface area (Å²) < 4.78 is 17.2. The molecular weight excluding hydrogens is 346 g/mol. The van der Waals surface area contributed by atoms with Crippen molar-refractivity contribution in [1.29, 1.82) is 0 Å². The number of methoxy groups -OCH3 is 1. The molecule has 0 bridgehead atoms. The molecule has 1 aromatic carbocycles. The molecule has 5 heteroatoms. The number of hydrogen-bond donors (Lipinski definition) is 0. The first-order chi connectivity index (χ1) is 12.5. The number of fused-ring (bicyclic) bond motifs is 1. The lowest BCUT2D eigenvalue weighted by Gasteiger charge is -2.39. The second-order valence-corrected chi connectivity index (χ2v) is 9.07. The molecule has 0 amide bonds. The Balaban J connectivity index is 1.65. The van der Waals surface area contributed by atoms with Gasteiger partial charge in [0.25, 0.3) is 0 Å². The molecule has 1 aliphatic carbocycles. The Labute approximate surface area is 159 Å². The summed E-state index contributed by atoms with van der Waals surface area (Å²) in [7, 11) is 1.46. The van der Waals surface area contributed by atoms with Crippen molar-refractivity contribution < 1.29 is 14.1 Å². The van der Waals surface area contributed by atoms with Gasteiger partial charge in [0.15, 0.2) is 4.90 Å². The number of carbonyl (C=O) groups excluding carboxylic acids is 1. The maximum atomic E-state index is 12.4. The summed E-state index contributed by atoms with van der Waals surface area (Å²) in [6, 6.07) is 6.28. The zero-order valence-electron chi connectivity index (χ0n) is 16.0. The highest BCUT2D eigenvalue weighted by atomic mass is 32.2.